The van der Waals surface area contributed by atoms with Crippen molar-refractivity contribution < 1.29 is 58.6 Å². The summed E-state index contributed by atoms with van der Waals surface area (Å²) in [5.41, 5.74) is -8.57. The maximum absolute atomic E-state index is 15.3. The van der Waals surface area contributed by atoms with Gasteiger partial charge in [-0.2, -0.15) is 0 Å². The molecular formula is C26H19F10N3O3. The van der Waals surface area contributed by atoms with Crippen molar-refractivity contribution in [1.29, 1.82) is 0 Å². The number of hydrogen-bond acceptors (Lipinski definition) is 3. The summed E-state index contributed by atoms with van der Waals surface area (Å²) >= 11 is 0. The van der Waals surface area contributed by atoms with E-state index in [0.29, 0.717) is 6.92 Å². The Morgan fingerprint density at radius 3 is 1.64 bits per heavy atom. The molecule has 3 unspecified atom stereocenters. The zero-order valence-corrected chi connectivity index (χ0v) is 22.1. The molecule has 0 bridgehead atoms. The van der Waals surface area contributed by atoms with Gasteiger partial charge in [-0.15, -0.1) is 0 Å². The van der Waals surface area contributed by atoms with E-state index in [0.717, 1.165) is 27.7 Å². The third-order valence-corrected chi connectivity index (χ3v) is 7.25. The molecule has 1 aliphatic heterocycles. The molecule has 0 spiro atoms. The zero-order chi connectivity index (χ0) is 31.9. The molecule has 0 radical (unpaired) electrons. The number of alkyl halides is 2. The molecule has 1 fully saturated rings. The number of carbonyl (C=O) groups is 2. The Morgan fingerprint density at radius 2 is 1.07 bits per heavy atom. The molecule has 42 heavy (non-hydrogen) atoms. The minimum atomic E-state index is -3.21. The van der Waals surface area contributed by atoms with Crippen LogP contribution >= 0.6 is 0 Å². The summed E-state index contributed by atoms with van der Waals surface area (Å²) in [7, 11) is 0. The fraction of sp³-hybridized carbons (Fsp3) is 0.308. The SMILES string of the molecule is CC1=C(N2C(=O)N(c3c(C)c(F)c(C)c(F)c3F)C(=O)N(c3c(C)c(C)c(F)c(F)c3F)C2O)C(F)=C(F)C(F)C1F. The van der Waals surface area contributed by atoms with E-state index in [1.807, 2.05) is 0 Å². The van der Waals surface area contributed by atoms with Crippen LogP contribution < -0.4 is 9.80 Å². The van der Waals surface area contributed by atoms with Crippen molar-refractivity contribution >= 4 is 23.4 Å². The monoisotopic (exact) mass is 611 g/mol. The molecule has 1 heterocycles. The number of rotatable bonds is 3. The number of hydrogen-bond donors (Lipinski definition) is 1. The van der Waals surface area contributed by atoms with Crippen molar-refractivity contribution in [3.63, 3.8) is 0 Å². The van der Waals surface area contributed by atoms with Gasteiger partial charge in [-0.1, -0.05) is 0 Å². The van der Waals surface area contributed by atoms with E-state index in [-0.39, 0.29) is 9.80 Å². The van der Waals surface area contributed by atoms with Crippen LogP contribution in [-0.4, -0.2) is 40.8 Å². The number of urea groups is 2. The van der Waals surface area contributed by atoms with Gasteiger partial charge in [-0.05, 0) is 51.3 Å². The van der Waals surface area contributed by atoms with E-state index >= 15 is 13.2 Å². The van der Waals surface area contributed by atoms with Crippen LogP contribution in [0.4, 0.5) is 64.9 Å². The van der Waals surface area contributed by atoms with Gasteiger partial charge in [0.05, 0.1) is 11.4 Å². The highest BCUT2D eigenvalue weighted by molar-refractivity contribution is 6.22. The summed E-state index contributed by atoms with van der Waals surface area (Å²) in [6.07, 6.45) is -9.25. The number of carbonyl (C=O) groups excluding carboxylic acids is 2. The number of halogens is 10. The first-order valence-electron chi connectivity index (χ1n) is 11.9. The van der Waals surface area contributed by atoms with Gasteiger partial charge < -0.3 is 5.11 Å². The summed E-state index contributed by atoms with van der Waals surface area (Å²) in [5, 5.41) is 11.1. The molecule has 2 aromatic carbocycles. The van der Waals surface area contributed by atoms with Gasteiger partial charge in [0.2, 0.25) is 6.35 Å². The normalized spacial score (nSPS) is 21.8. The number of aliphatic hydroxyl groups is 1. The molecular weight excluding hydrogens is 592 g/mol. The van der Waals surface area contributed by atoms with Gasteiger partial charge in [-0.25, -0.2) is 68.2 Å². The first-order chi connectivity index (χ1) is 19.4. The van der Waals surface area contributed by atoms with E-state index in [4.69, 9.17) is 0 Å². The van der Waals surface area contributed by atoms with Crippen LogP contribution in [0.3, 0.4) is 0 Å². The minimum absolute atomic E-state index is 0.254. The molecule has 4 amide bonds. The van der Waals surface area contributed by atoms with Crippen molar-refractivity contribution in [3.05, 3.63) is 80.1 Å². The van der Waals surface area contributed by atoms with Crippen molar-refractivity contribution in [2.24, 2.45) is 0 Å². The molecule has 16 heteroatoms. The van der Waals surface area contributed by atoms with Gasteiger partial charge in [0.15, 0.2) is 53.1 Å². The number of benzene rings is 2. The van der Waals surface area contributed by atoms with E-state index in [1.54, 1.807) is 0 Å². The highest BCUT2D eigenvalue weighted by Crippen LogP contribution is 2.44. The second-order valence-electron chi connectivity index (χ2n) is 9.57. The topological polar surface area (TPSA) is 64.1 Å². The maximum atomic E-state index is 15.3. The molecule has 2 aromatic rings. The highest BCUT2D eigenvalue weighted by Gasteiger charge is 2.53. The number of allylic oxidation sites excluding steroid dienone is 3. The predicted octanol–water partition coefficient (Wildman–Crippen LogP) is 7.01. The van der Waals surface area contributed by atoms with Crippen LogP contribution in [0, 0.1) is 62.6 Å². The van der Waals surface area contributed by atoms with Crippen LogP contribution in [0.5, 0.6) is 0 Å². The second-order valence-corrected chi connectivity index (χ2v) is 9.57. The Kier molecular flexibility index (Phi) is 7.59. The molecule has 3 atom stereocenters. The molecule has 1 saturated heterocycles. The lowest BCUT2D eigenvalue weighted by Crippen LogP contribution is -2.67. The van der Waals surface area contributed by atoms with Crippen molar-refractivity contribution in [1.82, 2.24) is 4.90 Å². The molecule has 1 aliphatic carbocycles. The lowest BCUT2D eigenvalue weighted by Gasteiger charge is -2.46. The molecule has 226 valence electrons. The smallest absolute Gasteiger partial charge is 0.341 e. The number of imide groups is 1. The lowest BCUT2D eigenvalue weighted by molar-refractivity contribution is 0.0444. The number of aliphatic hydroxyl groups excluding tert-OH is 1. The summed E-state index contributed by atoms with van der Waals surface area (Å²) in [4.78, 5) is 26.2. The molecule has 0 aromatic heterocycles. The van der Waals surface area contributed by atoms with E-state index in [1.165, 1.54) is 0 Å². The standard InChI is InChI=1S/C26H19F10N3O3/c1-6-7(2)21(19(35)16(32)12(6)28)37-24(40)38(22-9(4)11(27)8(3)13(29)18(22)34)26(42)39(25(37)41)23-10(5)14(30)15(31)17(33)20(23)36/h14-15,25,41H,1-5H3. The first kappa shape index (κ1) is 30.9. The quantitative estimate of drug-likeness (QED) is 0.231. The number of nitrogens with zero attached hydrogens (tertiary/aromatic N) is 3. The highest BCUT2D eigenvalue weighted by atomic mass is 19.2. The van der Waals surface area contributed by atoms with Crippen LogP contribution in [0.2, 0.25) is 0 Å². The fourth-order valence-electron chi connectivity index (χ4n) is 4.74. The summed E-state index contributed by atoms with van der Waals surface area (Å²) in [6.45, 7) is 4.03. The average molecular weight is 611 g/mol. The first-order valence-corrected chi connectivity index (χ1v) is 11.9. The van der Waals surface area contributed by atoms with E-state index in [9.17, 15) is 45.4 Å². The third kappa shape index (κ3) is 4.06. The molecule has 0 saturated carbocycles. The van der Waals surface area contributed by atoms with Crippen LogP contribution in [0.15, 0.2) is 22.9 Å². The molecule has 4 rings (SSSR count). The lowest BCUT2D eigenvalue weighted by atomic mass is 9.97. The van der Waals surface area contributed by atoms with Gasteiger partial charge >= 0.3 is 12.1 Å². The Labute approximate surface area is 230 Å². The van der Waals surface area contributed by atoms with Crippen LogP contribution in [0.25, 0.3) is 0 Å². The molecule has 6 nitrogen and oxygen atoms in total. The Morgan fingerprint density at radius 1 is 0.571 bits per heavy atom. The van der Waals surface area contributed by atoms with Crippen molar-refractivity contribution in [2.75, 3.05) is 9.80 Å². The van der Waals surface area contributed by atoms with Gasteiger partial charge in [0, 0.05) is 11.1 Å². The van der Waals surface area contributed by atoms with E-state index in [2.05, 4.69) is 0 Å². The third-order valence-electron chi connectivity index (χ3n) is 7.25. The summed E-state index contributed by atoms with van der Waals surface area (Å²) < 4.78 is 147. The molecule has 1 N–H and O–H groups in total. The summed E-state index contributed by atoms with van der Waals surface area (Å²) in [5.74, 6) is -16.3. The molecule has 2 aliphatic rings. The van der Waals surface area contributed by atoms with Gasteiger partial charge in [-0.3, -0.25) is 0 Å². The number of amides is 4. The fourth-order valence-corrected chi connectivity index (χ4v) is 4.74. The Hall–Kier alpha value is -4.08. The number of anilines is 2. The van der Waals surface area contributed by atoms with Gasteiger partial charge in [0.1, 0.15) is 11.5 Å². The van der Waals surface area contributed by atoms with Crippen LogP contribution in [0.1, 0.15) is 29.2 Å². The van der Waals surface area contributed by atoms with Gasteiger partial charge in [0.25, 0.3) is 0 Å². The van der Waals surface area contributed by atoms with Crippen LogP contribution in [-0.2, 0) is 0 Å². The zero-order valence-electron chi connectivity index (χ0n) is 22.1. The van der Waals surface area contributed by atoms with Crippen molar-refractivity contribution in [3.8, 4) is 0 Å². The summed E-state index contributed by atoms with van der Waals surface area (Å²) in [6, 6.07) is -4.12. The van der Waals surface area contributed by atoms with E-state index < -0.39 is 127 Å². The second kappa shape index (κ2) is 10.3. The minimum Gasteiger partial charge on any atom is -0.356 e. The largest absolute Gasteiger partial charge is 0.356 e. The maximum Gasteiger partial charge on any atom is 0.341 e. The Bertz CT molecular complexity index is 1580. The average Bonchev–Trinajstić information content (AvgIpc) is 2.95. The Balaban J connectivity index is 2.13. The predicted molar refractivity (Wildman–Crippen MR) is 127 cm³/mol. The van der Waals surface area contributed by atoms with Crippen molar-refractivity contribution in [2.45, 2.75) is 53.3 Å².